The van der Waals surface area contributed by atoms with Gasteiger partial charge in [0.25, 0.3) is 0 Å². The van der Waals surface area contributed by atoms with Crippen LogP contribution in [0.2, 0.25) is 0 Å². The van der Waals surface area contributed by atoms with E-state index in [1.54, 1.807) is 0 Å². The van der Waals surface area contributed by atoms with Gasteiger partial charge in [0.1, 0.15) is 0 Å². The van der Waals surface area contributed by atoms with Gasteiger partial charge in [-0.15, -0.1) is 0 Å². The van der Waals surface area contributed by atoms with Gasteiger partial charge in [-0.05, 0) is 29.9 Å². The molecule has 1 aromatic carbocycles. The second-order valence-electron chi connectivity index (χ2n) is 6.65. The van der Waals surface area contributed by atoms with E-state index < -0.39 is 21.4 Å². The molecular formula is C16H25NO3S. The molecule has 1 aliphatic rings. The molecule has 1 heterocycles. The monoisotopic (exact) mass is 311 g/mol. The van der Waals surface area contributed by atoms with E-state index in [1.807, 2.05) is 24.3 Å². The molecule has 21 heavy (non-hydrogen) atoms. The molecule has 1 aromatic rings. The summed E-state index contributed by atoms with van der Waals surface area (Å²) in [4.78, 5) is 0. The van der Waals surface area contributed by atoms with Gasteiger partial charge in [-0.1, -0.05) is 38.1 Å². The molecule has 3 N–H and O–H groups in total. The van der Waals surface area contributed by atoms with Crippen molar-refractivity contribution in [2.24, 2.45) is 17.1 Å². The van der Waals surface area contributed by atoms with Crippen LogP contribution >= 0.6 is 0 Å². The minimum Gasteiger partial charge on any atom is -0.388 e. The first-order valence-corrected chi connectivity index (χ1v) is 9.27. The first-order chi connectivity index (χ1) is 9.78. The van der Waals surface area contributed by atoms with E-state index >= 15 is 0 Å². The Hall–Kier alpha value is -0.910. The highest BCUT2D eigenvalue weighted by Gasteiger charge is 2.46. The SMILES string of the molecule is CC(C)Cc1ccc(C(O)C2(CN)CCS(=O)(=O)C2)cc1. The Morgan fingerprint density at radius 3 is 2.33 bits per heavy atom. The van der Waals surface area contributed by atoms with Crippen molar-refractivity contribution in [1.82, 2.24) is 0 Å². The highest BCUT2D eigenvalue weighted by Crippen LogP contribution is 2.42. The van der Waals surface area contributed by atoms with Gasteiger partial charge in [0, 0.05) is 12.0 Å². The maximum Gasteiger partial charge on any atom is 0.151 e. The summed E-state index contributed by atoms with van der Waals surface area (Å²) in [5.41, 5.74) is 7.04. The van der Waals surface area contributed by atoms with Gasteiger partial charge in [0.05, 0.1) is 17.6 Å². The Morgan fingerprint density at radius 1 is 1.29 bits per heavy atom. The predicted octanol–water partition coefficient (Wildman–Crippen LogP) is 1.68. The van der Waals surface area contributed by atoms with Crippen LogP contribution in [-0.2, 0) is 16.3 Å². The van der Waals surface area contributed by atoms with Gasteiger partial charge in [-0.25, -0.2) is 8.42 Å². The Labute approximate surface area is 127 Å². The first-order valence-electron chi connectivity index (χ1n) is 7.45. The molecule has 2 unspecified atom stereocenters. The van der Waals surface area contributed by atoms with Crippen LogP contribution in [0.3, 0.4) is 0 Å². The number of rotatable bonds is 5. The van der Waals surface area contributed by atoms with Crippen LogP contribution in [0.1, 0.15) is 37.5 Å². The number of sulfone groups is 1. The summed E-state index contributed by atoms with van der Waals surface area (Å²) < 4.78 is 23.5. The van der Waals surface area contributed by atoms with Gasteiger partial charge < -0.3 is 10.8 Å². The molecule has 2 rings (SSSR count). The number of aliphatic hydroxyl groups is 1. The van der Waals surface area contributed by atoms with Crippen molar-refractivity contribution in [3.05, 3.63) is 35.4 Å². The Kier molecular flexibility index (Phi) is 4.76. The van der Waals surface area contributed by atoms with Gasteiger partial charge in [-0.2, -0.15) is 0 Å². The molecule has 0 aliphatic carbocycles. The van der Waals surface area contributed by atoms with E-state index in [4.69, 9.17) is 5.73 Å². The molecular weight excluding hydrogens is 286 g/mol. The largest absolute Gasteiger partial charge is 0.388 e. The van der Waals surface area contributed by atoms with Crippen molar-refractivity contribution in [3.8, 4) is 0 Å². The molecule has 1 aliphatic heterocycles. The fraction of sp³-hybridized carbons (Fsp3) is 0.625. The maximum atomic E-state index is 11.7. The lowest BCUT2D eigenvalue weighted by Crippen LogP contribution is -2.38. The average Bonchev–Trinajstić information content (AvgIpc) is 2.75. The number of nitrogens with two attached hydrogens (primary N) is 1. The maximum absolute atomic E-state index is 11.7. The molecule has 0 amide bonds. The van der Waals surface area contributed by atoms with E-state index in [1.165, 1.54) is 5.56 Å². The summed E-state index contributed by atoms with van der Waals surface area (Å²) in [6, 6.07) is 7.80. The van der Waals surface area contributed by atoms with Crippen molar-refractivity contribution < 1.29 is 13.5 Å². The van der Waals surface area contributed by atoms with Gasteiger partial charge in [0.2, 0.25) is 0 Å². The molecule has 0 spiro atoms. The lowest BCUT2D eigenvalue weighted by Gasteiger charge is -2.32. The minimum absolute atomic E-state index is 0.0224. The fourth-order valence-electron chi connectivity index (χ4n) is 3.09. The van der Waals surface area contributed by atoms with Crippen LogP contribution in [-0.4, -0.2) is 31.6 Å². The van der Waals surface area contributed by atoms with E-state index in [2.05, 4.69) is 13.8 Å². The van der Waals surface area contributed by atoms with Crippen LogP contribution in [0.25, 0.3) is 0 Å². The highest BCUT2D eigenvalue weighted by atomic mass is 32.2. The summed E-state index contributed by atoms with van der Waals surface area (Å²) in [7, 11) is -3.08. The van der Waals surface area contributed by atoms with Gasteiger partial charge in [0.15, 0.2) is 9.84 Å². The Bertz CT molecular complexity index is 580. The van der Waals surface area contributed by atoms with Gasteiger partial charge in [-0.3, -0.25) is 0 Å². The van der Waals surface area contributed by atoms with Crippen molar-refractivity contribution in [3.63, 3.8) is 0 Å². The van der Waals surface area contributed by atoms with Crippen molar-refractivity contribution in [2.75, 3.05) is 18.1 Å². The third-order valence-electron chi connectivity index (χ3n) is 4.34. The number of hydrogen-bond donors (Lipinski definition) is 2. The molecule has 0 radical (unpaired) electrons. The standard InChI is InChI=1S/C16H25NO3S/c1-12(2)9-13-3-5-14(6-4-13)15(18)16(10-17)7-8-21(19,20)11-16/h3-6,12,15,18H,7-11,17H2,1-2H3. The molecule has 2 atom stereocenters. The molecule has 4 nitrogen and oxygen atoms in total. The third kappa shape index (κ3) is 3.65. The minimum atomic E-state index is -3.08. The summed E-state index contributed by atoms with van der Waals surface area (Å²) in [5, 5.41) is 10.6. The van der Waals surface area contributed by atoms with Crippen LogP contribution in [0.4, 0.5) is 0 Å². The quantitative estimate of drug-likeness (QED) is 0.867. The lowest BCUT2D eigenvalue weighted by molar-refractivity contribution is 0.0472. The first kappa shape index (κ1) is 16.5. The van der Waals surface area contributed by atoms with Crippen LogP contribution in [0, 0.1) is 11.3 Å². The van der Waals surface area contributed by atoms with E-state index in [0.717, 1.165) is 12.0 Å². The molecule has 1 fully saturated rings. The lowest BCUT2D eigenvalue weighted by atomic mass is 9.78. The molecule has 0 saturated carbocycles. The third-order valence-corrected chi connectivity index (χ3v) is 6.19. The fourth-order valence-corrected chi connectivity index (χ4v) is 5.25. The van der Waals surface area contributed by atoms with E-state index in [-0.39, 0.29) is 18.1 Å². The normalized spacial score (nSPS) is 26.1. The smallest absolute Gasteiger partial charge is 0.151 e. The molecule has 0 aromatic heterocycles. The zero-order valence-electron chi connectivity index (χ0n) is 12.7. The van der Waals surface area contributed by atoms with Crippen molar-refractivity contribution in [1.29, 1.82) is 0 Å². The van der Waals surface area contributed by atoms with E-state index in [0.29, 0.717) is 12.3 Å². The summed E-state index contributed by atoms with van der Waals surface area (Å²) in [5.74, 6) is 0.675. The Balaban J connectivity index is 2.20. The second kappa shape index (κ2) is 6.07. The van der Waals surface area contributed by atoms with Crippen LogP contribution in [0.15, 0.2) is 24.3 Å². The molecule has 5 heteroatoms. The molecule has 118 valence electrons. The predicted molar refractivity (Wildman–Crippen MR) is 84.7 cm³/mol. The number of benzene rings is 1. The van der Waals surface area contributed by atoms with Crippen molar-refractivity contribution >= 4 is 9.84 Å². The zero-order chi connectivity index (χ0) is 15.7. The van der Waals surface area contributed by atoms with Crippen LogP contribution in [0.5, 0.6) is 0 Å². The highest BCUT2D eigenvalue weighted by molar-refractivity contribution is 7.91. The number of aliphatic hydroxyl groups excluding tert-OH is 1. The Morgan fingerprint density at radius 2 is 1.90 bits per heavy atom. The van der Waals surface area contributed by atoms with Gasteiger partial charge >= 0.3 is 0 Å². The summed E-state index contributed by atoms with van der Waals surface area (Å²) in [6.45, 7) is 4.51. The average molecular weight is 311 g/mol. The zero-order valence-corrected chi connectivity index (χ0v) is 13.6. The van der Waals surface area contributed by atoms with Crippen molar-refractivity contribution in [2.45, 2.75) is 32.8 Å². The topological polar surface area (TPSA) is 80.4 Å². The summed E-state index contributed by atoms with van der Waals surface area (Å²) in [6.07, 6.45) is 0.598. The number of hydrogen-bond acceptors (Lipinski definition) is 4. The molecule has 0 bridgehead atoms. The summed E-state index contributed by atoms with van der Waals surface area (Å²) >= 11 is 0. The van der Waals surface area contributed by atoms with E-state index in [9.17, 15) is 13.5 Å². The second-order valence-corrected chi connectivity index (χ2v) is 8.83. The van der Waals surface area contributed by atoms with Crippen LogP contribution < -0.4 is 5.73 Å². The molecule has 1 saturated heterocycles.